The number of carbonyl (C=O) groups is 1. The van der Waals surface area contributed by atoms with Gasteiger partial charge in [0.2, 0.25) is 0 Å². The van der Waals surface area contributed by atoms with Gasteiger partial charge in [-0.15, -0.1) is 0 Å². The van der Waals surface area contributed by atoms with Crippen molar-refractivity contribution < 1.29 is 9.53 Å². The van der Waals surface area contributed by atoms with Crippen molar-refractivity contribution in [1.82, 2.24) is 10.2 Å². The van der Waals surface area contributed by atoms with E-state index in [2.05, 4.69) is 48.4 Å². The Morgan fingerprint density at radius 1 is 1.16 bits per heavy atom. The lowest BCUT2D eigenvalue weighted by molar-refractivity contribution is -0.0535. The molecule has 1 saturated heterocycles. The van der Waals surface area contributed by atoms with Gasteiger partial charge < -0.3 is 15.4 Å². The van der Waals surface area contributed by atoms with Crippen molar-refractivity contribution in [3.05, 3.63) is 29.8 Å². The zero-order valence-corrected chi connectivity index (χ0v) is 15.7. The summed E-state index contributed by atoms with van der Waals surface area (Å²) >= 11 is 0. The van der Waals surface area contributed by atoms with Gasteiger partial charge in [0.05, 0.1) is 13.2 Å². The average Bonchev–Trinajstić information content (AvgIpc) is 2.54. The molecule has 2 aliphatic rings. The quantitative estimate of drug-likeness (QED) is 0.880. The van der Waals surface area contributed by atoms with Crippen LogP contribution in [0.3, 0.4) is 0 Å². The van der Waals surface area contributed by atoms with E-state index >= 15 is 0 Å². The summed E-state index contributed by atoms with van der Waals surface area (Å²) in [5.74, 6) is 0. The van der Waals surface area contributed by atoms with Gasteiger partial charge in [-0.3, -0.25) is 4.90 Å². The molecular formula is C20H31N3O2. The molecule has 25 heavy (non-hydrogen) atoms. The maximum atomic E-state index is 12.3. The first-order valence-electron chi connectivity index (χ1n) is 9.37. The van der Waals surface area contributed by atoms with Crippen molar-refractivity contribution >= 4 is 11.7 Å². The molecule has 0 bridgehead atoms. The monoisotopic (exact) mass is 345 g/mol. The van der Waals surface area contributed by atoms with E-state index in [0.29, 0.717) is 6.54 Å². The fourth-order valence-corrected chi connectivity index (χ4v) is 3.70. The summed E-state index contributed by atoms with van der Waals surface area (Å²) in [5, 5.41) is 6.03. The van der Waals surface area contributed by atoms with Crippen LogP contribution in [0.25, 0.3) is 0 Å². The molecule has 0 radical (unpaired) electrons. The van der Waals surface area contributed by atoms with Crippen LogP contribution in [0.4, 0.5) is 10.5 Å². The van der Waals surface area contributed by atoms with Crippen molar-refractivity contribution in [3.8, 4) is 0 Å². The smallest absolute Gasteiger partial charge is 0.319 e. The lowest BCUT2D eigenvalue weighted by Gasteiger charge is -2.51. The van der Waals surface area contributed by atoms with Gasteiger partial charge in [-0.05, 0) is 42.4 Å². The number of carbonyl (C=O) groups excluding carboxylic acids is 1. The molecule has 2 N–H and O–H groups in total. The fourth-order valence-electron chi connectivity index (χ4n) is 3.70. The number of hydrogen-bond donors (Lipinski definition) is 2. The highest BCUT2D eigenvalue weighted by Gasteiger charge is 2.42. The number of anilines is 1. The number of hydrogen-bond acceptors (Lipinski definition) is 3. The number of rotatable bonds is 4. The molecule has 138 valence electrons. The van der Waals surface area contributed by atoms with Crippen molar-refractivity contribution in [2.75, 3.05) is 38.2 Å². The molecule has 1 saturated carbocycles. The zero-order valence-electron chi connectivity index (χ0n) is 15.7. The normalized spacial score (nSPS) is 20.6. The van der Waals surface area contributed by atoms with Gasteiger partial charge in [-0.2, -0.15) is 0 Å². The minimum Gasteiger partial charge on any atom is -0.379 e. The minimum absolute atomic E-state index is 0.121. The molecule has 1 aliphatic heterocycles. The summed E-state index contributed by atoms with van der Waals surface area (Å²) in [6, 6.07) is 7.98. The number of ether oxygens (including phenoxy) is 1. The second kappa shape index (κ2) is 7.34. The highest BCUT2D eigenvalue weighted by molar-refractivity contribution is 5.89. The molecule has 1 aromatic carbocycles. The molecule has 1 heterocycles. The van der Waals surface area contributed by atoms with E-state index in [4.69, 9.17) is 4.74 Å². The van der Waals surface area contributed by atoms with Crippen LogP contribution in [-0.2, 0) is 10.2 Å². The van der Waals surface area contributed by atoms with E-state index in [0.717, 1.165) is 44.8 Å². The van der Waals surface area contributed by atoms with Crippen LogP contribution in [0, 0.1) is 0 Å². The summed E-state index contributed by atoms with van der Waals surface area (Å²) in [5.41, 5.74) is 2.35. The Bertz CT molecular complexity index is 582. The van der Waals surface area contributed by atoms with Gasteiger partial charge in [0, 0.05) is 30.9 Å². The van der Waals surface area contributed by atoms with E-state index in [9.17, 15) is 4.79 Å². The fraction of sp³-hybridized carbons (Fsp3) is 0.650. The second-order valence-corrected chi connectivity index (χ2v) is 8.31. The molecule has 5 nitrogen and oxygen atoms in total. The minimum atomic E-state index is -0.122. The van der Waals surface area contributed by atoms with Crippen LogP contribution >= 0.6 is 0 Å². The van der Waals surface area contributed by atoms with Gasteiger partial charge in [0.1, 0.15) is 0 Å². The zero-order chi connectivity index (χ0) is 17.9. The van der Waals surface area contributed by atoms with Crippen LogP contribution in [0.2, 0.25) is 0 Å². The molecule has 0 atom stereocenters. The topological polar surface area (TPSA) is 53.6 Å². The second-order valence-electron chi connectivity index (χ2n) is 8.31. The standard InChI is InChI=1S/C20H31N3O2/c1-19(2,3)16-5-7-17(8-6-16)22-18(24)21-15-20(9-4-10-20)23-11-13-25-14-12-23/h5-8H,4,9-15H2,1-3H3,(H2,21,22,24). The average molecular weight is 345 g/mol. The molecule has 2 fully saturated rings. The summed E-state index contributed by atoms with van der Waals surface area (Å²) in [6.45, 7) is 10.8. The maximum absolute atomic E-state index is 12.3. The third kappa shape index (κ3) is 4.33. The first-order valence-corrected chi connectivity index (χ1v) is 9.37. The number of nitrogens with one attached hydrogen (secondary N) is 2. The number of morpholine rings is 1. The van der Waals surface area contributed by atoms with Gasteiger partial charge in [0.15, 0.2) is 0 Å². The van der Waals surface area contributed by atoms with E-state index < -0.39 is 0 Å². The van der Waals surface area contributed by atoms with Gasteiger partial charge in [-0.1, -0.05) is 32.9 Å². The number of nitrogens with zero attached hydrogens (tertiary/aromatic N) is 1. The molecule has 0 unspecified atom stereocenters. The van der Waals surface area contributed by atoms with Gasteiger partial charge in [0.25, 0.3) is 0 Å². The lowest BCUT2D eigenvalue weighted by Crippen LogP contribution is -2.62. The van der Waals surface area contributed by atoms with E-state index in [1.165, 1.54) is 12.0 Å². The van der Waals surface area contributed by atoms with Crippen molar-refractivity contribution in [3.63, 3.8) is 0 Å². The van der Waals surface area contributed by atoms with Gasteiger partial charge >= 0.3 is 6.03 Å². The Morgan fingerprint density at radius 3 is 2.32 bits per heavy atom. The first kappa shape index (κ1) is 18.2. The van der Waals surface area contributed by atoms with Crippen LogP contribution in [0.1, 0.15) is 45.6 Å². The predicted octanol–water partition coefficient (Wildman–Crippen LogP) is 3.36. The molecule has 1 aromatic rings. The third-order valence-corrected chi connectivity index (χ3v) is 5.55. The van der Waals surface area contributed by atoms with Crippen molar-refractivity contribution in [2.45, 2.75) is 51.0 Å². The number of benzene rings is 1. The van der Waals surface area contributed by atoms with Crippen LogP contribution < -0.4 is 10.6 Å². The first-order chi connectivity index (χ1) is 11.9. The van der Waals surface area contributed by atoms with Crippen molar-refractivity contribution in [2.24, 2.45) is 0 Å². The van der Waals surface area contributed by atoms with Gasteiger partial charge in [-0.25, -0.2) is 4.79 Å². The summed E-state index contributed by atoms with van der Waals surface area (Å²) < 4.78 is 5.46. The van der Waals surface area contributed by atoms with E-state index in [1.807, 2.05) is 12.1 Å². The lowest BCUT2D eigenvalue weighted by atomic mass is 9.75. The molecular weight excluding hydrogens is 314 g/mol. The molecule has 0 spiro atoms. The maximum Gasteiger partial charge on any atom is 0.319 e. The Balaban J connectivity index is 1.52. The Morgan fingerprint density at radius 2 is 1.80 bits per heavy atom. The predicted molar refractivity (Wildman–Crippen MR) is 101 cm³/mol. The molecule has 0 aromatic heterocycles. The van der Waals surface area contributed by atoms with Crippen molar-refractivity contribution in [1.29, 1.82) is 0 Å². The summed E-state index contributed by atoms with van der Waals surface area (Å²) in [6.07, 6.45) is 3.57. The van der Waals surface area contributed by atoms with E-state index in [-0.39, 0.29) is 17.0 Å². The van der Waals surface area contributed by atoms with Crippen LogP contribution in [0.5, 0.6) is 0 Å². The van der Waals surface area contributed by atoms with E-state index in [1.54, 1.807) is 0 Å². The summed E-state index contributed by atoms with van der Waals surface area (Å²) in [4.78, 5) is 14.8. The Hall–Kier alpha value is -1.59. The SMILES string of the molecule is CC(C)(C)c1ccc(NC(=O)NCC2(N3CCOCC3)CCC2)cc1. The molecule has 1 aliphatic carbocycles. The van der Waals surface area contributed by atoms with Crippen LogP contribution in [0.15, 0.2) is 24.3 Å². The third-order valence-electron chi connectivity index (χ3n) is 5.55. The summed E-state index contributed by atoms with van der Waals surface area (Å²) in [7, 11) is 0. The Labute approximate surface area is 151 Å². The Kier molecular flexibility index (Phi) is 5.35. The molecule has 2 amide bonds. The molecule has 5 heteroatoms. The largest absolute Gasteiger partial charge is 0.379 e. The number of amides is 2. The molecule has 3 rings (SSSR count). The highest BCUT2D eigenvalue weighted by Crippen LogP contribution is 2.37. The number of urea groups is 1. The van der Waals surface area contributed by atoms with Crippen LogP contribution in [-0.4, -0.2) is 49.3 Å². The highest BCUT2D eigenvalue weighted by atomic mass is 16.5.